The Balaban J connectivity index is 1.84. The smallest absolute Gasteiger partial charge is 0.313 e. The zero-order valence-corrected chi connectivity index (χ0v) is 14.3. The average Bonchev–Trinajstić information content (AvgIpc) is 3.10. The van der Waals surface area contributed by atoms with E-state index in [0.29, 0.717) is 24.0 Å². The first-order valence-corrected chi connectivity index (χ1v) is 8.91. The molecule has 0 bridgehead atoms. The number of fused-ring (bicyclic) bond motifs is 1. The topological polar surface area (TPSA) is 57.6 Å². The van der Waals surface area contributed by atoms with Crippen molar-refractivity contribution in [2.24, 2.45) is 0 Å². The van der Waals surface area contributed by atoms with Gasteiger partial charge in [0, 0.05) is 12.1 Å². The van der Waals surface area contributed by atoms with E-state index >= 15 is 0 Å². The first-order valence-electron chi connectivity index (χ1n) is 8.91. The van der Waals surface area contributed by atoms with E-state index in [1.807, 2.05) is 0 Å². The molecule has 4 nitrogen and oxygen atoms in total. The lowest BCUT2D eigenvalue weighted by atomic mass is 9.71. The van der Waals surface area contributed by atoms with Crippen molar-refractivity contribution in [3.63, 3.8) is 0 Å². The van der Waals surface area contributed by atoms with Gasteiger partial charge in [-0.1, -0.05) is 43.2 Å². The monoisotopic (exact) mass is 353 g/mol. The van der Waals surface area contributed by atoms with E-state index in [4.69, 9.17) is 0 Å². The SMILES string of the molecule is O=C(O)C1c2ccccc2C(=O)N(Cc2ccc(F)cc2)C12CCCC2. The molecule has 1 aliphatic heterocycles. The Morgan fingerprint density at radius 1 is 1.12 bits per heavy atom. The number of carboxylic acids is 1. The van der Waals surface area contributed by atoms with Gasteiger partial charge in [0.1, 0.15) is 11.7 Å². The Morgan fingerprint density at radius 2 is 1.77 bits per heavy atom. The van der Waals surface area contributed by atoms with E-state index in [1.54, 1.807) is 41.3 Å². The van der Waals surface area contributed by atoms with Crippen molar-refractivity contribution in [1.82, 2.24) is 4.90 Å². The number of rotatable bonds is 3. The summed E-state index contributed by atoms with van der Waals surface area (Å²) in [5.74, 6) is -2.09. The third-order valence-corrected chi connectivity index (χ3v) is 5.79. The van der Waals surface area contributed by atoms with E-state index in [-0.39, 0.29) is 18.3 Å². The third kappa shape index (κ3) is 2.50. The molecule has 2 aromatic carbocycles. The number of halogens is 1. The second kappa shape index (κ2) is 6.24. The molecule has 1 saturated carbocycles. The van der Waals surface area contributed by atoms with Gasteiger partial charge in [-0.2, -0.15) is 0 Å². The van der Waals surface area contributed by atoms with Gasteiger partial charge in [0.2, 0.25) is 0 Å². The summed E-state index contributed by atoms with van der Waals surface area (Å²) in [6.45, 7) is 0.289. The zero-order chi connectivity index (χ0) is 18.3. The molecule has 1 N–H and O–H groups in total. The standard InChI is InChI=1S/C21H20FNO3/c22-15-9-7-14(8-10-15)13-23-19(24)17-6-2-1-5-16(17)18(20(25)26)21(23)11-3-4-12-21/h1-2,5-10,18H,3-4,11-13H2,(H,25,26). The minimum absolute atomic E-state index is 0.135. The Morgan fingerprint density at radius 3 is 2.42 bits per heavy atom. The normalized spacial score (nSPS) is 21.0. The average molecular weight is 353 g/mol. The van der Waals surface area contributed by atoms with E-state index in [2.05, 4.69) is 0 Å². The van der Waals surface area contributed by atoms with Crippen LogP contribution < -0.4 is 0 Å². The van der Waals surface area contributed by atoms with E-state index in [9.17, 15) is 19.1 Å². The molecule has 0 aromatic heterocycles. The van der Waals surface area contributed by atoms with Crippen LogP contribution in [0.5, 0.6) is 0 Å². The molecule has 1 aliphatic carbocycles. The Bertz CT molecular complexity index is 856. The number of nitrogens with zero attached hydrogens (tertiary/aromatic N) is 1. The number of carboxylic acid groups (broad SMARTS) is 1. The summed E-state index contributed by atoms with van der Waals surface area (Å²) >= 11 is 0. The predicted molar refractivity (Wildman–Crippen MR) is 94.3 cm³/mol. The quantitative estimate of drug-likeness (QED) is 0.909. The second-order valence-corrected chi connectivity index (χ2v) is 7.19. The number of carbonyl (C=O) groups excluding carboxylic acids is 1. The maximum Gasteiger partial charge on any atom is 0.313 e. The highest BCUT2D eigenvalue weighted by atomic mass is 19.1. The number of hydrogen-bond donors (Lipinski definition) is 1. The van der Waals surface area contributed by atoms with Crippen LogP contribution in [-0.2, 0) is 11.3 Å². The maximum absolute atomic E-state index is 13.3. The van der Waals surface area contributed by atoms with Crippen molar-refractivity contribution in [2.75, 3.05) is 0 Å². The van der Waals surface area contributed by atoms with Gasteiger partial charge in [0.05, 0.1) is 5.54 Å². The fourth-order valence-electron chi connectivity index (χ4n) is 4.65. The molecule has 4 rings (SSSR count). The van der Waals surface area contributed by atoms with Crippen molar-refractivity contribution in [3.8, 4) is 0 Å². The minimum atomic E-state index is -0.893. The Kier molecular flexibility index (Phi) is 4.02. The van der Waals surface area contributed by atoms with Crippen LogP contribution in [0.25, 0.3) is 0 Å². The number of amides is 1. The lowest BCUT2D eigenvalue weighted by Gasteiger charge is -2.49. The second-order valence-electron chi connectivity index (χ2n) is 7.19. The Hall–Kier alpha value is -2.69. The van der Waals surface area contributed by atoms with E-state index < -0.39 is 17.4 Å². The molecular formula is C21H20FNO3. The number of aliphatic carboxylic acids is 1. The van der Waals surface area contributed by atoms with Gasteiger partial charge in [-0.15, -0.1) is 0 Å². The van der Waals surface area contributed by atoms with Crippen molar-refractivity contribution in [3.05, 3.63) is 71.0 Å². The summed E-state index contributed by atoms with van der Waals surface area (Å²) < 4.78 is 13.2. The first kappa shape index (κ1) is 16.8. The van der Waals surface area contributed by atoms with Gasteiger partial charge >= 0.3 is 5.97 Å². The highest BCUT2D eigenvalue weighted by molar-refractivity contribution is 6.01. The summed E-state index contributed by atoms with van der Waals surface area (Å²) in [5, 5.41) is 10.0. The van der Waals surface area contributed by atoms with Gasteiger partial charge < -0.3 is 10.0 Å². The summed E-state index contributed by atoms with van der Waals surface area (Å²) in [4.78, 5) is 27.2. The van der Waals surface area contributed by atoms with Crippen LogP contribution in [-0.4, -0.2) is 27.4 Å². The van der Waals surface area contributed by atoms with Crippen LogP contribution in [0.3, 0.4) is 0 Å². The van der Waals surface area contributed by atoms with Crippen molar-refractivity contribution < 1.29 is 19.1 Å². The Labute approximate surface area is 151 Å². The van der Waals surface area contributed by atoms with Gasteiger partial charge in [0.15, 0.2) is 0 Å². The lowest BCUT2D eigenvalue weighted by molar-refractivity contribution is -0.143. The van der Waals surface area contributed by atoms with Crippen LogP contribution in [0.2, 0.25) is 0 Å². The largest absolute Gasteiger partial charge is 0.481 e. The van der Waals surface area contributed by atoms with E-state index in [1.165, 1.54) is 12.1 Å². The van der Waals surface area contributed by atoms with Crippen molar-refractivity contribution in [1.29, 1.82) is 0 Å². The molecule has 26 heavy (non-hydrogen) atoms. The summed E-state index contributed by atoms with van der Waals surface area (Å²) in [7, 11) is 0. The van der Waals surface area contributed by atoms with E-state index in [0.717, 1.165) is 18.4 Å². The highest BCUT2D eigenvalue weighted by Crippen LogP contribution is 2.50. The van der Waals surface area contributed by atoms with Crippen molar-refractivity contribution in [2.45, 2.75) is 43.7 Å². The van der Waals surface area contributed by atoms with Crippen LogP contribution in [0.15, 0.2) is 48.5 Å². The fraction of sp³-hybridized carbons (Fsp3) is 0.333. The summed E-state index contributed by atoms with van der Waals surface area (Å²) in [6.07, 6.45) is 3.15. The van der Waals surface area contributed by atoms with Gasteiger partial charge in [-0.05, 0) is 42.2 Å². The van der Waals surface area contributed by atoms with Gasteiger partial charge in [-0.3, -0.25) is 9.59 Å². The molecular weight excluding hydrogens is 333 g/mol. The first-order chi connectivity index (χ1) is 12.5. The van der Waals surface area contributed by atoms with Crippen LogP contribution in [0, 0.1) is 5.82 Å². The summed E-state index contributed by atoms with van der Waals surface area (Å²) in [6, 6.07) is 13.1. The molecule has 1 fully saturated rings. The van der Waals surface area contributed by atoms with Crippen molar-refractivity contribution >= 4 is 11.9 Å². The molecule has 1 spiro atoms. The molecule has 2 aliphatic rings. The molecule has 1 atom stereocenters. The zero-order valence-electron chi connectivity index (χ0n) is 14.3. The molecule has 1 heterocycles. The minimum Gasteiger partial charge on any atom is -0.481 e. The highest BCUT2D eigenvalue weighted by Gasteiger charge is 2.55. The lowest BCUT2D eigenvalue weighted by Crippen LogP contribution is -2.58. The molecule has 5 heteroatoms. The molecule has 1 amide bonds. The molecule has 0 saturated heterocycles. The number of carbonyl (C=O) groups is 2. The third-order valence-electron chi connectivity index (χ3n) is 5.79. The van der Waals surface area contributed by atoms with Gasteiger partial charge in [0.25, 0.3) is 5.91 Å². The molecule has 0 radical (unpaired) electrons. The van der Waals surface area contributed by atoms with Crippen LogP contribution >= 0.6 is 0 Å². The summed E-state index contributed by atoms with van der Waals surface area (Å²) in [5.41, 5.74) is 1.15. The van der Waals surface area contributed by atoms with Crippen LogP contribution in [0.1, 0.15) is 53.1 Å². The molecule has 134 valence electrons. The van der Waals surface area contributed by atoms with Crippen LogP contribution in [0.4, 0.5) is 4.39 Å². The van der Waals surface area contributed by atoms with Gasteiger partial charge in [-0.25, -0.2) is 4.39 Å². The maximum atomic E-state index is 13.3. The predicted octanol–water partition coefficient (Wildman–Crippen LogP) is 3.96. The number of benzene rings is 2. The molecule has 1 unspecified atom stereocenters. The molecule has 2 aromatic rings. The fourth-order valence-corrected chi connectivity index (χ4v) is 4.65. The number of hydrogen-bond acceptors (Lipinski definition) is 2.